The fraction of sp³-hybridized carbons (Fsp3) is 1.00. The lowest BCUT2D eigenvalue weighted by Crippen LogP contribution is -2.27. The number of hydrogen-bond acceptors (Lipinski definition) is 2. The minimum Gasteiger partial charge on any atom is -0.385 e. The molecular weight excluding hydrogens is 206 g/mol. The lowest BCUT2D eigenvalue weighted by molar-refractivity contribution is 0.176. The van der Waals surface area contributed by atoms with Gasteiger partial charge < -0.3 is 9.64 Å². The molecule has 0 aliphatic heterocycles. The zero-order valence-electron chi connectivity index (χ0n) is 7.48. The maximum absolute atomic E-state index is 4.98. The van der Waals surface area contributed by atoms with Crippen LogP contribution in [0, 0.1) is 0 Å². The Bertz CT molecular complexity index is 80.5. The third-order valence-electron chi connectivity index (χ3n) is 1.67. The van der Waals surface area contributed by atoms with Gasteiger partial charge in [0.1, 0.15) is 0 Å². The van der Waals surface area contributed by atoms with Crippen LogP contribution in [0.5, 0.6) is 0 Å². The second-order valence-corrected chi connectivity index (χ2v) is 3.26. The number of alkyl halides is 1. The average molecular weight is 224 g/mol. The number of methoxy groups -OCH3 is 1. The van der Waals surface area contributed by atoms with Gasteiger partial charge in [0.15, 0.2) is 0 Å². The van der Waals surface area contributed by atoms with Gasteiger partial charge in [-0.15, -0.1) is 0 Å². The van der Waals surface area contributed by atoms with Crippen LogP contribution < -0.4 is 0 Å². The Balaban J connectivity index is 3.20. The third kappa shape index (κ3) is 6.78. The summed E-state index contributed by atoms with van der Waals surface area (Å²) in [5.41, 5.74) is 0. The van der Waals surface area contributed by atoms with Gasteiger partial charge in [0.25, 0.3) is 0 Å². The minimum absolute atomic E-state index is 0.874. The SMILES string of the molecule is CCN(CCBr)CCCOC. The normalized spacial score (nSPS) is 10.9. The summed E-state index contributed by atoms with van der Waals surface area (Å²) < 4.78 is 4.98. The molecule has 0 aromatic carbocycles. The van der Waals surface area contributed by atoms with Gasteiger partial charge in [0.05, 0.1) is 0 Å². The molecule has 0 rings (SSSR count). The number of hydrogen-bond donors (Lipinski definition) is 0. The van der Waals surface area contributed by atoms with Crippen LogP contribution in [0.25, 0.3) is 0 Å². The predicted octanol–water partition coefficient (Wildman–Crippen LogP) is 1.74. The summed E-state index contributed by atoms with van der Waals surface area (Å²) in [7, 11) is 1.75. The minimum atomic E-state index is 0.874. The molecule has 0 unspecified atom stereocenters. The first-order chi connectivity index (χ1) is 5.35. The van der Waals surface area contributed by atoms with Crippen molar-refractivity contribution in [3.63, 3.8) is 0 Å². The van der Waals surface area contributed by atoms with Crippen molar-refractivity contribution in [3.05, 3.63) is 0 Å². The maximum Gasteiger partial charge on any atom is 0.0474 e. The highest BCUT2D eigenvalue weighted by atomic mass is 79.9. The topological polar surface area (TPSA) is 12.5 Å². The van der Waals surface area contributed by atoms with Gasteiger partial charge in [0.2, 0.25) is 0 Å². The molecule has 0 aliphatic rings. The van der Waals surface area contributed by atoms with Gasteiger partial charge in [-0.05, 0) is 13.0 Å². The van der Waals surface area contributed by atoms with Gasteiger partial charge in [-0.2, -0.15) is 0 Å². The molecule has 0 spiro atoms. The van der Waals surface area contributed by atoms with E-state index in [0.29, 0.717) is 0 Å². The Morgan fingerprint density at radius 1 is 1.36 bits per heavy atom. The van der Waals surface area contributed by atoms with Crippen LogP contribution in [0.1, 0.15) is 13.3 Å². The maximum atomic E-state index is 4.98. The smallest absolute Gasteiger partial charge is 0.0474 e. The zero-order chi connectivity index (χ0) is 8.53. The molecule has 0 aromatic rings. The average Bonchev–Trinajstić information content (AvgIpc) is 2.03. The first-order valence-corrected chi connectivity index (χ1v) is 5.24. The van der Waals surface area contributed by atoms with Crippen LogP contribution in [0.2, 0.25) is 0 Å². The van der Waals surface area contributed by atoms with Crippen molar-refractivity contribution in [3.8, 4) is 0 Å². The Labute approximate surface area is 78.0 Å². The van der Waals surface area contributed by atoms with Crippen molar-refractivity contribution in [2.75, 3.05) is 38.7 Å². The van der Waals surface area contributed by atoms with Crippen LogP contribution in [0.4, 0.5) is 0 Å². The molecule has 0 aromatic heterocycles. The van der Waals surface area contributed by atoms with Crippen molar-refractivity contribution < 1.29 is 4.74 Å². The second kappa shape index (κ2) is 8.50. The Hall–Kier alpha value is 0.400. The van der Waals surface area contributed by atoms with Crippen LogP contribution in [0.15, 0.2) is 0 Å². The highest BCUT2D eigenvalue weighted by Gasteiger charge is 1.98. The van der Waals surface area contributed by atoms with Crippen molar-refractivity contribution in [2.24, 2.45) is 0 Å². The van der Waals surface area contributed by atoms with E-state index in [1.165, 1.54) is 0 Å². The van der Waals surface area contributed by atoms with Crippen molar-refractivity contribution >= 4 is 15.9 Å². The predicted molar refractivity (Wildman–Crippen MR) is 52.4 cm³/mol. The fourth-order valence-corrected chi connectivity index (χ4v) is 1.48. The Morgan fingerprint density at radius 2 is 2.09 bits per heavy atom. The van der Waals surface area contributed by atoms with Gasteiger partial charge >= 0.3 is 0 Å². The summed E-state index contributed by atoms with van der Waals surface area (Å²) in [6.07, 6.45) is 1.14. The molecule has 68 valence electrons. The van der Waals surface area contributed by atoms with E-state index >= 15 is 0 Å². The van der Waals surface area contributed by atoms with Crippen LogP contribution in [0.3, 0.4) is 0 Å². The number of halogens is 1. The first kappa shape index (κ1) is 11.4. The van der Waals surface area contributed by atoms with Crippen LogP contribution >= 0.6 is 15.9 Å². The molecule has 2 nitrogen and oxygen atoms in total. The van der Waals surface area contributed by atoms with E-state index in [1.807, 2.05) is 0 Å². The van der Waals surface area contributed by atoms with Crippen LogP contribution in [-0.4, -0.2) is 43.6 Å². The zero-order valence-corrected chi connectivity index (χ0v) is 9.06. The van der Waals surface area contributed by atoms with E-state index in [2.05, 4.69) is 27.8 Å². The Kier molecular flexibility index (Phi) is 8.81. The summed E-state index contributed by atoms with van der Waals surface area (Å²) in [4.78, 5) is 2.41. The fourth-order valence-electron chi connectivity index (χ4n) is 0.980. The van der Waals surface area contributed by atoms with Crippen molar-refractivity contribution in [1.29, 1.82) is 0 Å². The third-order valence-corrected chi connectivity index (χ3v) is 2.03. The molecule has 0 bridgehead atoms. The molecule has 0 N–H and O–H groups in total. The molecule has 0 radical (unpaired) electrons. The lowest BCUT2D eigenvalue weighted by Gasteiger charge is -2.18. The molecule has 0 heterocycles. The molecule has 0 fully saturated rings. The largest absolute Gasteiger partial charge is 0.385 e. The van der Waals surface area contributed by atoms with E-state index < -0.39 is 0 Å². The monoisotopic (exact) mass is 223 g/mol. The van der Waals surface area contributed by atoms with E-state index in [1.54, 1.807) is 7.11 Å². The molecule has 3 heteroatoms. The molecule has 11 heavy (non-hydrogen) atoms. The Morgan fingerprint density at radius 3 is 2.55 bits per heavy atom. The molecule has 0 atom stereocenters. The standard InChI is InChI=1S/C8H18BrNO/c1-3-10(7-5-9)6-4-8-11-2/h3-8H2,1-2H3. The summed E-state index contributed by atoms with van der Waals surface area (Å²) in [6, 6.07) is 0. The van der Waals surface area contributed by atoms with E-state index in [-0.39, 0.29) is 0 Å². The highest BCUT2D eigenvalue weighted by molar-refractivity contribution is 9.09. The first-order valence-electron chi connectivity index (χ1n) is 4.12. The van der Waals surface area contributed by atoms with E-state index in [9.17, 15) is 0 Å². The van der Waals surface area contributed by atoms with Gasteiger partial charge in [0, 0.05) is 32.1 Å². The van der Waals surface area contributed by atoms with Crippen LogP contribution in [-0.2, 0) is 4.74 Å². The molecule has 0 saturated heterocycles. The van der Waals surface area contributed by atoms with Gasteiger partial charge in [-0.25, -0.2) is 0 Å². The second-order valence-electron chi connectivity index (χ2n) is 2.47. The summed E-state index contributed by atoms with van der Waals surface area (Å²) >= 11 is 3.43. The van der Waals surface area contributed by atoms with Gasteiger partial charge in [-0.3, -0.25) is 0 Å². The van der Waals surface area contributed by atoms with Gasteiger partial charge in [-0.1, -0.05) is 22.9 Å². The molecular formula is C8H18BrNO. The van der Waals surface area contributed by atoms with E-state index in [4.69, 9.17) is 4.74 Å². The summed E-state index contributed by atoms with van der Waals surface area (Å²) in [5.74, 6) is 0. The number of ether oxygens (including phenoxy) is 1. The molecule has 0 aliphatic carbocycles. The summed E-state index contributed by atoms with van der Waals surface area (Å²) in [5, 5.41) is 1.06. The lowest BCUT2D eigenvalue weighted by atomic mass is 10.4. The highest BCUT2D eigenvalue weighted by Crippen LogP contribution is 1.93. The van der Waals surface area contributed by atoms with Crippen molar-refractivity contribution in [2.45, 2.75) is 13.3 Å². The number of nitrogens with zero attached hydrogens (tertiary/aromatic N) is 1. The molecule has 0 saturated carbocycles. The number of rotatable bonds is 7. The molecule has 0 amide bonds. The summed E-state index contributed by atoms with van der Waals surface area (Å²) in [6.45, 7) is 6.49. The van der Waals surface area contributed by atoms with E-state index in [0.717, 1.165) is 38.0 Å². The quantitative estimate of drug-likeness (QED) is 0.482. The van der Waals surface area contributed by atoms with Crippen molar-refractivity contribution in [1.82, 2.24) is 4.90 Å².